The maximum Gasteiger partial charge on any atom is 0.271 e. The number of hydrogen-bond donors (Lipinski definition) is 1. The largest absolute Gasteiger partial charge is 0.490 e. The van der Waals surface area contributed by atoms with E-state index in [0.29, 0.717) is 30.3 Å². The Morgan fingerprint density at radius 2 is 1.88 bits per heavy atom. The summed E-state index contributed by atoms with van der Waals surface area (Å²) in [6.45, 7) is 2.59. The van der Waals surface area contributed by atoms with Crippen molar-refractivity contribution in [2.24, 2.45) is 0 Å². The van der Waals surface area contributed by atoms with Gasteiger partial charge in [0.25, 0.3) is 11.6 Å². The standard InChI is InChI=1S/C25H20BrN3O5/c1-2-33-24-13-18(8-11-23(24)34-16-17-6-9-20(26)10-7-17)12-19(15-27)25(30)28-21-4-3-5-22(14-21)29(31)32/h3-14H,2,16H2,1H3,(H,28,30)/b19-12-. The van der Waals surface area contributed by atoms with Gasteiger partial charge in [0.05, 0.1) is 11.5 Å². The first kappa shape index (κ1) is 24.5. The normalized spacial score (nSPS) is 10.8. The van der Waals surface area contributed by atoms with Crippen LogP contribution in [0.15, 0.2) is 76.8 Å². The van der Waals surface area contributed by atoms with Crippen LogP contribution in [0.1, 0.15) is 18.1 Å². The van der Waals surface area contributed by atoms with E-state index in [9.17, 15) is 20.2 Å². The SMILES string of the molecule is CCOc1cc(/C=C(/C#N)C(=O)Nc2cccc([N+](=O)[O-])c2)ccc1OCc1ccc(Br)cc1. The smallest absolute Gasteiger partial charge is 0.271 e. The van der Waals surface area contributed by atoms with Crippen LogP contribution in [0.4, 0.5) is 11.4 Å². The number of nitro groups is 1. The minimum Gasteiger partial charge on any atom is -0.490 e. The minimum absolute atomic E-state index is 0.166. The van der Waals surface area contributed by atoms with Gasteiger partial charge in [-0.1, -0.05) is 40.2 Å². The number of rotatable bonds is 9. The van der Waals surface area contributed by atoms with E-state index in [4.69, 9.17) is 9.47 Å². The number of carbonyl (C=O) groups is 1. The molecular formula is C25H20BrN3O5. The maximum absolute atomic E-state index is 12.6. The van der Waals surface area contributed by atoms with E-state index in [1.54, 1.807) is 18.2 Å². The average molecular weight is 522 g/mol. The zero-order valence-electron chi connectivity index (χ0n) is 18.2. The summed E-state index contributed by atoms with van der Waals surface area (Å²) in [4.78, 5) is 22.9. The molecule has 0 radical (unpaired) electrons. The molecule has 0 saturated carbocycles. The van der Waals surface area contributed by atoms with Crippen LogP contribution in [0.5, 0.6) is 11.5 Å². The Labute approximate surface area is 204 Å². The van der Waals surface area contributed by atoms with E-state index in [1.165, 1.54) is 30.3 Å². The van der Waals surface area contributed by atoms with E-state index >= 15 is 0 Å². The highest BCUT2D eigenvalue weighted by atomic mass is 79.9. The molecule has 0 unspecified atom stereocenters. The molecule has 0 aliphatic carbocycles. The van der Waals surface area contributed by atoms with E-state index in [0.717, 1.165) is 10.0 Å². The highest BCUT2D eigenvalue weighted by Gasteiger charge is 2.13. The van der Waals surface area contributed by atoms with Crippen LogP contribution in [0.3, 0.4) is 0 Å². The summed E-state index contributed by atoms with van der Waals surface area (Å²) in [7, 11) is 0. The molecule has 9 heteroatoms. The molecule has 0 atom stereocenters. The first-order valence-corrected chi connectivity index (χ1v) is 11.0. The number of nitro benzene ring substituents is 1. The number of non-ortho nitro benzene ring substituents is 1. The van der Waals surface area contributed by atoms with Gasteiger partial charge in [0.15, 0.2) is 11.5 Å². The van der Waals surface area contributed by atoms with Gasteiger partial charge in [-0.25, -0.2) is 0 Å². The number of carbonyl (C=O) groups excluding carboxylic acids is 1. The Morgan fingerprint density at radius 3 is 2.56 bits per heavy atom. The molecule has 0 saturated heterocycles. The van der Waals surface area contributed by atoms with Crippen LogP contribution < -0.4 is 14.8 Å². The van der Waals surface area contributed by atoms with Gasteiger partial charge in [-0.2, -0.15) is 5.26 Å². The number of nitriles is 1. The Balaban J connectivity index is 1.78. The number of ether oxygens (including phenoxy) is 2. The molecule has 3 aromatic rings. The van der Waals surface area contributed by atoms with Gasteiger partial charge >= 0.3 is 0 Å². The van der Waals surface area contributed by atoms with Gasteiger partial charge in [0.2, 0.25) is 0 Å². The lowest BCUT2D eigenvalue weighted by Gasteiger charge is -2.13. The highest BCUT2D eigenvalue weighted by molar-refractivity contribution is 9.10. The predicted octanol–water partition coefficient (Wildman–Crippen LogP) is 5.88. The molecule has 172 valence electrons. The number of anilines is 1. The lowest BCUT2D eigenvalue weighted by Crippen LogP contribution is -2.13. The van der Waals surface area contributed by atoms with Crippen LogP contribution >= 0.6 is 15.9 Å². The van der Waals surface area contributed by atoms with E-state index in [-0.39, 0.29) is 16.9 Å². The van der Waals surface area contributed by atoms with Crippen molar-refractivity contribution in [3.8, 4) is 17.6 Å². The zero-order chi connectivity index (χ0) is 24.5. The van der Waals surface area contributed by atoms with Gasteiger partial charge in [0, 0.05) is 22.3 Å². The predicted molar refractivity (Wildman–Crippen MR) is 131 cm³/mol. The summed E-state index contributed by atoms with van der Waals surface area (Å²) >= 11 is 3.40. The van der Waals surface area contributed by atoms with E-state index in [1.807, 2.05) is 37.3 Å². The monoisotopic (exact) mass is 521 g/mol. The summed E-state index contributed by atoms with van der Waals surface area (Å²) < 4.78 is 12.6. The molecule has 0 aromatic heterocycles. The highest BCUT2D eigenvalue weighted by Crippen LogP contribution is 2.30. The number of nitrogens with one attached hydrogen (secondary N) is 1. The Morgan fingerprint density at radius 1 is 1.12 bits per heavy atom. The van der Waals surface area contributed by atoms with Crippen molar-refractivity contribution in [1.82, 2.24) is 0 Å². The van der Waals surface area contributed by atoms with Gasteiger partial charge in [-0.05, 0) is 54.5 Å². The van der Waals surface area contributed by atoms with E-state index in [2.05, 4.69) is 21.2 Å². The molecule has 0 fully saturated rings. The second kappa shape index (κ2) is 11.6. The first-order valence-electron chi connectivity index (χ1n) is 10.2. The first-order chi connectivity index (χ1) is 16.4. The van der Waals surface area contributed by atoms with Gasteiger partial charge < -0.3 is 14.8 Å². The summed E-state index contributed by atoms with van der Waals surface area (Å²) in [5, 5.41) is 22.9. The number of amides is 1. The lowest BCUT2D eigenvalue weighted by atomic mass is 10.1. The van der Waals surface area contributed by atoms with Crippen molar-refractivity contribution >= 4 is 39.3 Å². The fraction of sp³-hybridized carbons (Fsp3) is 0.120. The van der Waals surface area contributed by atoms with Crippen molar-refractivity contribution < 1.29 is 19.2 Å². The summed E-state index contributed by atoms with van der Waals surface area (Å²) in [6.07, 6.45) is 1.41. The minimum atomic E-state index is -0.684. The third-order valence-corrected chi connectivity index (χ3v) is 5.09. The van der Waals surface area contributed by atoms with Crippen molar-refractivity contribution in [1.29, 1.82) is 5.26 Å². The van der Waals surface area contributed by atoms with Crippen LogP contribution in [0, 0.1) is 21.4 Å². The molecule has 34 heavy (non-hydrogen) atoms. The quantitative estimate of drug-likeness (QED) is 0.162. The maximum atomic E-state index is 12.6. The Bertz CT molecular complexity index is 1270. The molecule has 1 amide bonds. The van der Waals surface area contributed by atoms with Gasteiger partial charge in [-0.15, -0.1) is 0 Å². The number of halogens is 1. The Kier molecular flexibility index (Phi) is 8.37. The van der Waals surface area contributed by atoms with Crippen LogP contribution in [-0.2, 0) is 11.4 Å². The number of nitrogens with zero attached hydrogens (tertiary/aromatic N) is 2. The van der Waals surface area contributed by atoms with Crippen molar-refractivity contribution in [3.63, 3.8) is 0 Å². The van der Waals surface area contributed by atoms with Gasteiger partial charge in [-0.3, -0.25) is 14.9 Å². The average Bonchev–Trinajstić information content (AvgIpc) is 2.83. The molecule has 0 aliphatic rings. The van der Waals surface area contributed by atoms with Crippen molar-refractivity contribution in [3.05, 3.63) is 98.0 Å². The molecule has 8 nitrogen and oxygen atoms in total. The molecule has 3 rings (SSSR count). The second-order valence-electron chi connectivity index (χ2n) is 6.99. The van der Waals surface area contributed by atoms with Crippen LogP contribution in [0.25, 0.3) is 6.08 Å². The fourth-order valence-electron chi connectivity index (χ4n) is 2.95. The van der Waals surface area contributed by atoms with Gasteiger partial charge in [0.1, 0.15) is 18.2 Å². The molecular weight excluding hydrogens is 502 g/mol. The molecule has 0 heterocycles. The zero-order valence-corrected chi connectivity index (χ0v) is 19.7. The second-order valence-corrected chi connectivity index (χ2v) is 7.90. The van der Waals surface area contributed by atoms with Crippen molar-refractivity contribution in [2.45, 2.75) is 13.5 Å². The third-order valence-electron chi connectivity index (χ3n) is 4.57. The van der Waals surface area contributed by atoms with Crippen LogP contribution in [-0.4, -0.2) is 17.4 Å². The Hall–Kier alpha value is -4.16. The van der Waals surface area contributed by atoms with E-state index < -0.39 is 10.8 Å². The topological polar surface area (TPSA) is 114 Å². The molecule has 0 bridgehead atoms. The molecule has 1 N–H and O–H groups in total. The fourth-order valence-corrected chi connectivity index (χ4v) is 3.22. The van der Waals surface area contributed by atoms with Crippen LogP contribution in [0.2, 0.25) is 0 Å². The summed E-state index contributed by atoms with van der Waals surface area (Å²) in [5.41, 5.74) is 1.43. The summed E-state index contributed by atoms with van der Waals surface area (Å²) in [6, 6.07) is 20.2. The third kappa shape index (κ3) is 6.67. The lowest BCUT2D eigenvalue weighted by molar-refractivity contribution is -0.384. The molecule has 0 spiro atoms. The summed E-state index contributed by atoms with van der Waals surface area (Å²) in [5.74, 6) is 0.322. The molecule has 3 aromatic carbocycles. The number of hydrogen-bond acceptors (Lipinski definition) is 6. The molecule has 0 aliphatic heterocycles. The number of benzene rings is 3. The van der Waals surface area contributed by atoms with Crippen molar-refractivity contribution in [2.75, 3.05) is 11.9 Å².